The van der Waals surface area contributed by atoms with Gasteiger partial charge in [-0.3, -0.25) is 4.90 Å². The lowest BCUT2D eigenvalue weighted by atomic mass is 9.80. The van der Waals surface area contributed by atoms with Gasteiger partial charge in [-0.2, -0.15) is 0 Å². The highest BCUT2D eigenvalue weighted by atomic mass is 16.4. The molecule has 1 aromatic carbocycles. The standard InChI is InChI=1S/C15H26BNO2/c1-3-5-11-17(12-6-4-2)13-14-7-9-15(10-8-14)16(18)19/h7-10,18-19H,3-6,11-13H2,1-2H3. The second-order valence-electron chi connectivity index (χ2n) is 5.10. The molecule has 0 aromatic heterocycles. The molecular weight excluding hydrogens is 237 g/mol. The van der Waals surface area contributed by atoms with Crippen molar-refractivity contribution < 1.29 is 10.0 Å². The summed E-state index contributed by atoms with van der Waals surface area (Å²) in [6.07, 6.45) is 4.91. The predicted octanol–water partition coefficient (Wildman–Crippen LogP) is 1.77. The molecule has 0 aliphatic rings. The Kier molecular flexibility index (Phi) is 7.79. The molecule has 0 bridgehead atoms. The summed E-state index contributed by atoms with van der Waals surface area (Å²) in [5.41, 5.74) is 1.79. The monoisotopic (exact) mass is 263 g/mol. The first-order valence-electron chi connectivity index (χ1n) is 7.34. The van der Waals surface area contributed by atoms with Crippen LogP contribution in [0.1, 0.15) is 45.1 Å². The van der Waals surface area contributed by atoms with E-state index in [0.717, 1.165) is 19.6 Å². The number of hydrogen-bond donors (Lipinski definition) is 2. The van der Waals surface area contributed by atoms with Crippen molar-refractivity contribution in [3.8, 4) is 0 Å². The Morgan fingerprint density at radius 3 is 1.89 bits per heavy atom. The second-order valence-corrected chi connectivity index (χ2v) is 5.10. The first kappa shape index (κ1) is 16.2. The highest BCUT2D eigenvalue weighted by Crippen LogP contribution is 2.07. The fourth-order valence-electron chi connectivity index (χ4n) is 2.09. The molecule has 0 atom stereocenters. The van der Waals surface area contributed by atoms with E-state index < -0.39 is 7.12 Å². The Hall–Kier alpha value is -0.835. The third kappa shape index (κ3) is 6.23. The maximum Gasteiger partial charge on any atom is 0.488 e. The van der Waals surface area contributed by atoms with Crippen LogP contribution in [-0.2, 0) is 6.54 Å². The molecule has 19 heavy (non-hydrogen) atoms. The first-order chi connectivity index (χ1) is 9.17. The molecule has 0 fully saturated rings. The van der Waals surface area contributed by atoms with Crippen LogP contribution >= 0.6 is 0 Å². The molecule has 106 valence electrons. The molecule has 0 saturated carbocycles. The summed E-state index contributed by atoms with van der Waals surface area (Å²) in [7, 11) is -1.37. The van der Waals surface area contributed by atoms with Gasteiger partial charge in [0.2, 0.25) is 0 Å². The molecule has 0 amide bonds. The van der Waals surface area contributed by atoms with E-state index in [2.05, 4.69) is 18.7 Å². The summed E-state index contributed by atoms with van der Waals surface area (Å²) in [4.78, 5) is 2.48. The Balaban J connectivity index is 2.56. The van der Waals surface area contributed by atoms with E-state index in [9.17, 15) is 0 Å². The molecule has 0 heterocycles. The lowest BCUT2D eigenvalue weighted by Gasteiger charge is -2.22. The van der Waals surface area contributed by atoms with Gasteiger partial charge >= 0.3 is 7.12 Å². The fourth-order valence-corrected chi connectivity index (χ4v) is 2.09. The largest absolute Gasteiger partial charge is 0.488 e. The van der Waals surface area contributed by atoms with Crippen LogP contribution in [0.4, 0.5) is 0 Å². The van der Waals surface area contributed by atoms with Gasteiger partial charge in [-0.15, -0.1) is 0 Å². The second kappa shape index (κ2) is 9.13. The zero-order valence-electron chi connectivity index (χ0n) is 12.2. The topological polar surface area (TPSA) is 43.7 Å². The van der Waals surface area contributed by atoms with Crippen LogP contribution in [0.15, 0.2) is 24.3 Å². The molecule has 1 rings (SSSR count). The van der Waals surface area contributed by atoms with Crippen molar-refractivity contribution in [1.82, 2.24) is 4.90 Å². The Bertz CT molecular complexity index is 333. The number of hydrogen-bond acceptors (Lipinski definition) is 3. The van der Waals surface area contributed by atoms with Crippen LogP contribution in [0.3, 0.4) is 0 Å². The third-order valence-electron chi connectivity index (χ3n) is 3.34. The van der Waals surface area contributed by atoms with Crippen LogP contribution in [0, 0.1) is 0 Å². The van der Waals surface area contributed by atoms with Gasteiger partial charge in [-0.1, -0.05) is 51.0 Å². The first-order valence-corrected chi connectivity index (χ1v) is 7.34. The summed E-state index contributed by atoms with van der Waals surface area (Å²) in [6, 6.07) is 7.55. The lowest BCUT2D eigenvalue weighted by Crippen LogP contribution is -2.30. The molecule has 4 heteroatoms. The van der Waals surface area contributed by atoms with E-state index in [0.29, 0.717) is 5.46 Å². The molecule has 0 radical (unpaired) electrons. The van der Waals surface area contributed by atoms with E-state index in [1.54, 1.807) is 12.1 Å². The van der Waals surface area contributed by atoms with E-state index in [1.807, 2.05) is 12.1 Å². The summed E-state index contributed by atoms with van der Waals surface area (Å²) in [6.45, 7) is 7.66. The minimum atomic E-state index is -1.37. The third-order valence-corrected chi connectivity index (χ3v) is 3.34. The number of rotatable bonds is 9. The molecule has 0 spiro atoms. The highest BCUT2D eigenvalue weighted by Gasteiger charge is 2.10. The minimum absolute atomic E-state index is 0.553. The Labute approximate surface area is 117 Å². The van der Waals surface area contributed by atoms with Gasteiger partial charge in [0.1, 0.15) is 0 Å². The summed E-state index contributed by atoms with van der Waals surface area (Å²) in [5.74, 6) is 0. The van der Waals surface area contributed by atoms with Gasteiger partial charge in [-0.25, -0.2) is 0 Å². The van der Waals surface area contributed by atoms with Crippen molar-refractivity contribution in [2.24, 2.45) is 0 Å². The van der Waals surface area contributed by atoms with Crippen molar-refractivity contribution in [2.45, 2.75) is 46.1 Å². The van der Waals surface area contributed by atoms with Crippen LogP contribution in [0.2, 0.25) is 0 Å². The van der Waals surface area contributed by atoms with E-state index in [1.165, 1.54) is 31.2 Å². The van der Waals surface area contributed by atoms with Crippen molar-refractivity contribution in [3.63, 3.8) is 0 Å². The van der Waals surface area contributed by atoms with E-state index in [4.69, 9.17) is 10.0 Å². The van der Waals surface area contributed by atoms with Crippen LogP contribution in [0.5, 0.6) is 0 Å². The predicted molar refractivity (Wildman–Crippen MR) is 81.4 cm³/mol. The molecule has 2 N–H and O–H groups in total. The fraction of sp³-hybridized carbons (Fsp3) is 0.600. The van der Waals surface area contributed by atoms with Crippen molar-refractivity contribution in [2.75, 3.05) is 13.1 Å². The Morgan fingerprint density at radius 1 is 0.947 bits per heavy atom. The Morgan fingerprint density at radius 2 is 1.47 bits per heavy atom. The molecule has 0 aliphatic heterocycles. The summed E-state index contributed by atoms with van der Waals surface area (Å²) < 4.78 is 0. The van der Waals surface area contributed by atoms with Gasteiger partial charge in [0.15, 0.2) is 0 Å². The summed E-state index contributed by atoms with van der Waals surface area (Å²) in [5, 5.41) is 18.1. The number of benzene rings is 1. The molecule has 0 aliphatic carbocycles. The quantitative estimate of drug-likeness (QED) is 0.667. The van der Waals surface area contributed by atoms with Crippen LogP contribution in [0.25, 0.3) is 0 Å². The molecule has 1 aromatic rings. The van der Waals surface area contributed by atoms with Gasteiger partial charge < -0.3 is 10.0 Å². The van der Waals surface area contributed by atoms with Crippen LogP contribution < -0.4 is 5.46 Å². The maximum absolute atomic E-state index is 9.07. The normalized spacial score (nSPS) is 11.0. The molecule has 0 saturated heterocycles. The van der Waals surface area contributed by atoms with Crippen molar-refractivity contribution in [3.05, 3.63) is 29.8 Å². The molecular formula is C15H26BNO2. The summed E-state index contributed by atoms with van der Waals surface area (Å²) >= 11 is 0. The number of unbranched alkanes of at least 4 members (excludes halogenated alkanes) is 2. The zero-order chi connectivity index (χ0) is 14.1. The van der Waals surface area contributed by atoms with Crippen LogP contribution in [-0.4, -0.2) is 35.2 Å². The minimum Gasteiger partial charge on any atom is -0.423 e. The van der Waals surface area contributed by atoms with Crippen molar-refractivity contribution >= 4 is 12.6 Å². The van der Waals surface area contributed by atoms with E-state index >= 15 is 0 Å². The molecule has 3 nitrogen and oxygen atoms in total. The lowest BCUT2D eigenvalue weighted by molar-refractivity contribution is 0.257. The molecule has 0 unspecified atom stereocenters. The van der Waals surface area contributed by atoms with Crippen molar-refractivity contribution in [1.29, 1.82) is 0 Å². The zero-order valence-corrected chi connectivity index (χ0v) is 12.2. The average molecular weight is 263 g/mol. The van der Waals surface area contributed by atoms with E-state index in [-0.39, 0.29) is 0 Å². The number of nitrogens with zero attached hydrogens (tertiary/aromatic N) is 1. The average Bonchev–Trinajstić information content (AvgIpc) is 2.42. The SMILES string of the molecule is CCCCN(CCCC)Cc1ccc(B(O)O)cc1. The maximum atomic E-state index is 9.07. The van der Waals surface area contributed by atoms with Gasteiger partial charge in [0.25, 0.3) is 0 Å². The smallest absolute Gasteiger partial charge is 0.423 e. The van der Waals surface area contributed by atoms with Gasteiger partial charge in [0.05, 0.1) is 0 Å². The highest BCUT2D eigenvalue weighted by molar-refractivity contribution is 6.58. The van der Waals surface area contributed by atoms with Gasteiger partial charge in [-0.05, 0) is 37.0 Å². The van der Waals surface area contributed by atoms with Gasteiger partial charge in [0, 0.05) is 6.54 Å².